The molecule has 0 saturated carbocycles. The summed E-state index contributed by atoms with van der Waals surface area (Å²) in [5.74, 6) is -0.404. The summed E-state index contributed by atoms with van der Waals surface area (Å²) < 4.78 is 5.28. The lowest BCUT2D eigenvalue weighted by Gasteiger charge is -2.26. The quantitative estimate of drug-likeness (QED) is 0.451. The van der Waals surface area contributed by atoms with Gasteiger partial charge in [0.1, 0.15) is 5.60 Å². The minimum atomic E-state index is -0.623. The molecule has 1 atom stereocenters. The summed E-state index contributed by atoms with van der Waals surface area (Å²) in [7, 11) is 1.72. The number of amides is 3. The van der Waals surface area contributed by atoms with E-state index in [1.165, 1.54) is 0 Å². The molecule has 0 fully saturated rings. The lowest BCUT2D eigenvalue weighted by molar-refractivity contribution is 0.0634. The van der Waals surface area contributed by atoms with Gasteiger partial charge in [0.2, 0.25) is 0 Å². The lowest BCUT2D eigenvalue weighted by Crippen LogP contribution is -2.30. The van der Waals surface area contributed by atoms with Crippen LogP contribution >= 0.6 is 0 Å². The number of hydrogen-bond donors (Lipinski definition) is 2. The Bertz CT molecular complexity index is 1200. The SMILES string of the molecule is CC(c1cccc(NC(=O)c2ccccc2)c1)N(C)C(=O)c1cccc(NC(=O)OC(C)(C)C)c1. The van der Waals surface area contributed by atoms with Crippen LogP contribution in [-0.4, -0.2) is 35.5 Å². The van der Waals surface area contributed by atoms with E-state index in [2.05, 4.69) is 10.6 Å². The van der Waals surface area contributed by atoms with Crippen molar-refractivity contribution in [3.63, 3.8) is 0 Å². The predicted octanol–water partition coefficient (Wildman–Crippen LogP) is 6.12. The molecule has 7 heteroatoms. The summed E-state index contributed by atoms with van der Waals surface area (Å²) in [4.78, 5) is 39.4. The fraction of sp³-hybridized carbons (Fsp3) is 0.250. The van der Waals surface area contributed by atoms with E-state index in [0.29, 0.717) is 22.5 Å². The number of benzene rings is 3. The van der Waals surface area contributed by atoms with Gasteiger partial charge in [-0.05, 0) is 75.7 Å². The van der Waals surface area contributed by atoms with Gasteiger partial charge in [0, 0.05) is 29.5 Å². The Hall–Kier alpha value is -4.13. The van der Waals surface area contributed by atoms with Crippen molar-refractivity contribution >= 4 is 29.3 Å². The molecule has 0 aliphatic heterocycles. The van der Waals surface area contributed by atoms with E-state index in [1.54, 1.807) is 69.1 Å². The Morgan fingerprint density at radius 2 is 1.40 bits per heavy atom. The fourth-order valence-electron chi connectivity index (χ4n) is 3.42. The first-order valence-electron chi connectivity index (χ1n) is 11.4. The van der Waals surface area contributed by atoms with Gasteiger partial charge in [-0.3, -0.25) is 14.9 Å². The molecule has 0 heterocycles. The van der Waals surface area contributed by atoms with Crippen LogP contribution in [0.1, 0.15) is 60.0 Å². The molecule has 0 spiro atoms. The van der Waals surface area contributed by atoms with Crippen molar-refractivity contribution < 1.29 is 19.1 Å². The van der Waals surface area contributed by atoms with Crippen molar-refractivity contribution in [2.75, 3.05) is 17.7 Å². The molecule has 0 aliphatic rings. The van der Waals surface area contributed by atoms with E-state index in [4.69, 9.17) is 4.74 Å². The normalized spacial score (nSPS) is 11.8. The van der Waals surface area contributed by atoms with Gasteiger partial charge in [0.15, 0.2) is 0 Å². The summed E-state index contributed by atoms with van der Waals surface area (Å²) in [5, 5.41) is 5.56. The van der Waals surface area contributed by atoms with Gasteiger partial charge in [-0.25, -0.2) is 4.79 Å². The van der Waals surface area contributed by atoms with Crippen LogP contribution in [0.3, 0.4) is 0 Å². The maximum Gasteiger partial charge on any atom is 0.412 e. The van der Waals surface area contributed by atoms with Gasteiger partial charge in [-0.2, -0.15) is 0 Å². The zero-order valence-corrected chi connectivity index (χ0v) is 20.7. The van der Waals surface area contributed by atoms with E-state index >= 15 is 0 Å². The Morgan fingerprint density at radius 3 is 2.06 bits per heavy atom. The zero-order chi connectivity index (χ0) is 25.6. The highest BCUT2D eigenvalue weighted by Crippen LogP contribution is 2.24. The number of carbonyl (C=O) groups excluding carboxylic acids is 3. The second-order valence-corrected chi connectivity index (χ2v) is 9.25. The summed E-state index contributed by atoms with van der Waals surface area (Å²) in [6.45, 7) is 7.26. The number of ether oxygens (including phenoxy) is 1. The van der Waals surface area contributed by atoms with Crippen LogP contribution in [0.4, 0.5) is 16.2 Å². The van der Waals surface area contributed by atoms with E-state index in [9.17, 15) is 14.4 Å². The molecule has 3 aromatic rings. The van der Waals surface area contributed by atoms with Gasteiger partial charge in [-0.15, -0.1) is 0 Å². The minimum absolute atomic E-state index is 0.200. The molecule has 3 amide bonds. The Morgan fingerprint density at radius 1 is 0.800 bits per heavy atom. The summed E-state index contributed by atoms with van der Waals surface area (Å²) in [5.41, 5.74) is 2.36. The Balaban J connectivity index is 1.70. The maximum atomic E-state index is 13.2. The smallest absolute Gasteiger partial charge is 0.412 e. The largest absolute Gasteiger partial charge is 0.444 e. The number of anilines is 2. The molecule has 0 aliphatic carbocycles. The maximum absolute atomic E-state index is 13.2. The molecule has 0 aromatic heterocycles. The molecule has 0 saturated heterocycles. The van der Waals surface area contributed by atoms with Crippen molar-refractivity contribution in [2.45, 2.75) is 39.3 Å². The molecule has 7 nitrogen and oxygen atoms in total. The van der Waals surface area contributed by atoms with Gasteiger partial charge in [0.25, 0.3) is 11.8 Å². The van der Waals surface area contributed by atoms with Crippen molar-refractivity contribution in [1.82, 2.24) is 4.90 Å². The molecule has 35 heavy (non-hydrogen) atoms. The highest BCUT2D eigenvalue weighted by Gasteiger charge is 2.21. The Kier molecular flexibility index (Phi) is 7.91. The first-order valence-corrected chi connectivity index (χ1v) is 11.4. The number of hydrogen-bond acceptors (Lipinski definition) is 4. The highest BCUT2D eigenvalue weighted by atomic mass is 16.6. The molecule has 2 N–H and O–H groups in total. The van der Waals surface area contributed by atoms with E-state index in [0.717, 1.165) is 5.56 Å². The molecule has 0 bridgehead atoms. The zero-order valence-electron chi connectivity index (χ0n) is 20.7. The van der Waals surface area contributed by atoms with Crippen LogP contribution in [0.25, 0.3) is 0 Å². The number of nitrogens with zero attached hydrogens (tertiary/aromatic N) is 1. The van der Waals surface area contributed by atoms with Crippen molar-refractivity contribution in [3.8, 4) is 0 Å². The van der Waals surface area contributed by atoms with Crippen molar-refractivity contribution in [3.05, 3.63) is 95.6 Å². The van der Waals surface area contributed by atoms with E-state index in [1.807, 2.05) is 49.4 Å². The Labute approximate surface area is 206 Å². The average molecular weight is 474 g/mol. The minimum Gasteiger partial charge on any atom is -0.444 e. The second-order valence-electron chi connectivity index (χ2n) is 9.25. The standard InChI is InChI=1S/C28H31N3O4/c1-19(21-13-9-15-23(17-21)29-25(32)20-11-7-6-8-12-20)31(5)26(33)22-14-10-16-24(18-22)30-27(34)35-28(2,3)4/h6-19H,1-5H3,(H,29,32)(H,30,34). The van der Waals surface area contributed by atoms with Crippen molar-refractivity contribution in [1.29, 1.82) is 0 Å². The van der Waals surface area contributed by atoms with Crippen LogP contribution in [0.5, 0.6) is 0 Å². The van der Waals surface area contributed by atoms with E-state index < -0.39 is 11.7 Å². The third-order valence-corrected chi connectivity index (χ3v) is 5.32. The molecular formula is C28H31N3O4. The number of rotatable bonds is 6. The molecule has 182 valence electrons. The predicted molar refractivity (Wildman–Crippen MR) is 138 cm³/mol. The number of carbonyl (C=O) groups is 3. The highest BCUT2D eigenvalue weighted by molar-refractivity contribution is 6.04. The first kappa shape index (κ1) is 25.5. The van der Waals surface area contributed by atoms with Gasteiger partial charge < -0.3 is 15.0 Å². The molecule has 0 radical (unpaired) electrons. The van der Waals surface area contributed by atoms with Gasteiger partial charge in [-0.1, -0.05) is 36.4 Å². The third kappa shape index (κ3) is 7.17. The third-order valence-electron chi connectivity index (χ3n) is 5.32. The molecular weight excluding hydrogens is 442 g/mol. The summed E-state index contributed by atoms with van der Waals surface area (Å²) in [6.07, 6.45) is -0.585. The summed E-state index contributed by atoms with van der Waals surface area (Å²) in [6, 6.07) is 22.9. The first-order chi connectivity index (χ1) is 16.5. The van der Waals surface area contributed by atoms with Gasteiger partial charge in [0.05, 0.1) is 6.04 Å². The monoisotopic (exact) mass is 473 g/mol. The van der Waals surface area contributed by atoms with Crippen LogP contribution in [0.15, 0.2) is 78.9 Å². The molecule has 3 rings (SSSR count). The van der Waals surface area contributed by atoms with E-state index in [-0.39, 0.29) is 17.9 Å². The topological polar surface area (TPSA) is 87.7 Å². The second kappa shape index (κ2) is 10.9. The van der Waals surface area contributed by atoms with Crippen molar-refractivity contribution in [2.24, 2.45) is 0 Å². The van der Waals surface area contributed by atoms with Crippen LogP contribution in [-0.2, 0) is 4.74 Å². The van der Waals surface area contributed by atoms with Crippen LogP contribution in [0, 0.1) is 0 Å². The fourth-order valence-corrected chi connectivity index (χ4v) is 3.42. The molecule has 3 aromatic carbocycles. The summed E-state index contributed by atoms with van der Waals surface area (Å²) >= 11 is 0. The lowest BCUT2D eigenvalue weighted by atomic mass is 10.0. The average Bonchev–Trinajstić information content (AvgIpc) is 2.82. The molecule has 1 unspecified atom stereocenters. The van der Waals surface area contributed by atoms with Crippen LogP contribution < -0.4 is 10.6 Å². The van der Waals surface area contributed by atoms with Crippen LogP contribution in [0.2, 0.25) is 0 Å². The number of nitrogens with one attached hydrogen (secondary N) is 2. The van der Waals surface area contributed by atoms with Gasteiger partial charge >= 0.3 is 6.09 Å².